The summed E-state index contributed by atoms with van der Waals surface area (Å²) in [6.45, 7) is 36.2. The summed E-state index contributed by atoms with van der Waals surface area (Å²) in [6.07, 6.45) is 7.01. The third-order valence-electron chi connectivity index (χ3n) is 10.4. The van der Waals surface area contributed by atoms with Crippen LogP contribution in [0, 0.1) is 16.2 Å². The number of hydrogen-bond donors (Lipinski definition) is 1. The maximum atomic E-state index is 11.7. The number of amides is 1. The molecule has 0 saturated carbocycles. The molecule has 314 valence electrons. The zero-order valence-electron chi connectivity index (χ0n) is 36.4. The highest BCUT2D eigenvalue weighted by molar-refractivity contribution is 7.99. The Morgan fingerprint density at radius 1 is 0.604 bits per heavy atom. The predicted molar refractivity (Wildman–Crippen MR) is 232 cm³/mol. The van der Waals surface area contributed by atoms with Crippen molar-refractivity contribution in [1.82, 2.24) is 5.32 Å². The van der Waals surface area contributed by atoms with Crippen LogP contribution in [-0.2, 0) is 33.2 Å². The molecule has 3 saturated heterocycles. The normalized spacial score (nSPS) is 18.4. The van der Waals surface area contributed by atoms with Gasteiger partial charge in [-0.1, -0.05) is 97.8 Å². The van der Waals surface area contributed by atoms with Gasteiger partial charge in [0, 0.05) is 48.5 Å². The second-order valence-corrected chi connectivity index (χ2v) is 37.7. The van der Waals surface area contributed by atoms with Crippen molar-refractivity contribution in [2.45, 2.75) is 143 Å². The molecule has 0 aromatic rings. The average molecular weight is 822 g/mol. The van der Waals surface area contributed by atoms with Gasteiger partial charge in [-0.3, -0.25) is 4.79 Å². The van der Waals surface area contributed by atoms with E-state index in [4.69, 9.17) is 28.4 Å². The van der Waals surface area contributed by atoms with E-state index < -0.39 is 24.2 Å². The summed E-state index contributed by atoms with van der Waals surface area (Å²) in [6, 6.07) is 3.99. The number of thioether (sulfide) groups is 1. The molecular weight excluding hydrogens is 739 g/mol. The van der Waals surface area contributed by atoms with Gasteiger partial charge in [-0.2, -0.15) is 11.8 Å². The molecule has 13 heteroatoms. The second kappa shape index (κ2) is 25.1. The molecule has 3 heterocycles. The van der Waals surface area contributed by atoms with Gasteiger partial charge in [0.05, 0.1) is 63.5 Å². The highest BCUT2D eigenvalue weighted by Gasteiger charge is 2.39. The van der Waals surface area contributed by atoms with Gasteiger partial charge in [0.2, 0.25) is 0 Å². The molecule has 1 amide bonds. The van der Waals surface area contributed by atoms with Crippen LogP contribution in [-0.4, -0.2) is 120 Å². The molecule has 0 aromatic heterocycles. The van der Waals surface area contributed by atoms with Crippen LogP contribution in [0.15, 0.2) is 0 Å². The van der Waals surface area contributed by atoms with Crippen molar-refractivity contribution < 1.29 is 38.0 Å². The largest absolute Gasteiger partial charge is 0.465 e. The molecule has 1 N–H and O–H groups in total. The van der Waals surface area contributed by atoms with Crippen molar-refractivity contribution in [3.63, 3.8) is 0 Å². The van der Waals surface area contributed by atoms with Crippen LogP contribution in [0.25, 0.3) is 0 Å². The summed E-state index contributed by atoms with van der Waals surface area (Å²) in [4.78, 5) is 23.2. The van der Waals surface area contributed by atoms with Crippen molar-refractivity contribution in [3.8, 4) is 0 Å². The van der Waals surface area contributed by atoms with Gasteiger partial charge in [0.1, 0.15) is 13.2 Å². The third-order valence-corrected chi connectivity index (χ3v) is 17.0. The van der Waals surface area contributed by atoms with E-state index in [0.29, 0.717) is 38.3 Å². The SMILES string of the molecule is CCC1(COC(=O)CCSCCC[Si](C)(C)C)COC1.CCC1(COC(=O)NCCC[Si](C)(C)C)COC1.CCC1(COCCC[Si](C)(C)C)COC1. The Kier molecular flexibility index (Phi) is 23.9. The maximum absolute atomic E-state index is 11.7. The molecule has 53 heavy (non-hydrogen) atoms. The number of rotatable bonds is 24. The second-order valence-electron chi connectivity index (χ2n) is 19.6. The van der Waals surface area contributed by atoms with Gasteiger partial charge in [-0.15, -0.1) is 0 Å². The summed E-state index contributed by atoms with van der Waals surface area (Å²) >= 11 is 1.88. The molecular formula is C40H83NO8SSi3. The maximum Gasteiger partial charge on any atom is 0.407 e. The van der Waals surface area contributed by atoms with E-state index in [9.17, 15) is 9.59 Å². The van der Waals surface area contributed by atoms with E-state index >= 15 is 0 Å². The lowest BCUT2D eigenvalue weighted by atomic mass is 9.84. The Balaban J connectivity index is 0.000000401. The van der Waals surface area contributed by atoms with Crippen LogP contribution in [0.1, 0.15) is 65.7 Å². The predicted octanol–water partition coefficient (Wildman–Crippen LogP) is 9.83. The van der Waals surface area contributed by atoms with Crippen LogP contribution in [0.4, 0.5) is 4.79 Å². The highest BCUT2D eigenvalue weighted by Crippen LogP contribution is 2.33. The molecule has 3 fully saturated rings. The van der Waals surface area contributed by atoms with Crippen LogP contribution in [0.2, 0.25) is 77.1 Å². The Morgan fingerprint density at radius 3 is 1.47 bits per heavy atom. The zero-order valence-corrected chi connectivity index (χ0v) is 40.3. The molecule has 3 aliphatic heterocycles. The highest BCUT2D eigenvalue weighted by atomic mass is 32.2. The fourth-order valence-electron chi connectivity index (χ4n) is 5.68. The molecule has 0 aliphatic carbocycles. The van der Waals surface area contributed by atoms with E-state index in [-0.39, 0.29) is 22.9 Å². The number of ether oxygens (including phenoxy) is 6. The smallest absolute Gasteiger partial charge is 0.407 e. The number of nitrogens with one attached hydrogen (secondary N) is 1. The first-order valence-electron chi connectivity index (χ1n) is 20.7. The van der Waals surface area contributed by atoms with E-state index in [2.05, 4.69) is 85.0 Å². The Labute approximate surface area is 333 Å². The van der Waals surface area contributed by atoms with Crippen molar-refractivity contribution >= 4 is 48.0 Å². The topological polar surface area (TPSA) is 102 Å². The molecule has 9 nitrogen and oxygen atoms in total. The van der Waals surface area contributed by atoms with E-state index in [0.717, 1.165) is 71.2 Å². The zero-order chi connectivity index (χ0) is 40.1. The van der Waals surface area contributed by atoms with E-state index in [1.165, 1.54) is 43.1 Å². The number of carbonyl (C=O) groups is 2. The van der Waals surface area contributed by atoms with Gasteiger partial charge >= 0.3 is 12.1 Å². The van der Waals surface area contributed by atoms with Crippen LogP contribution >= 0.6 is 11.8 Å². The molecule has 0 radical (unpaired) electrons. The molecule has 0 bridgehead atoms. The molecule has 3 aliphatic rings. The lowest BCUT2D eigenvalue weighted by Gasteiger charge is -2.40. The number of hydrogen-bond acceptors (Lipinski definition) is 9. The van der Waals surface area contributed by atoms with Gasteiger partial charge < -0.3 is 33.7 Å². The minimum atomic E-state index is -0.989. The minimum Gasteiger partial charge on any atom is -0.465 e. The van der Waals surface area contributed by atoms with Crippen LogP contribution in [0.3, 0.4) is 0 Å². The van der Waals surface area contributed by atoms with Gasteiger partial charge in [0.25, 0.3) is 0 Å². The van der Waals surface area contributed by atoms with Crippen molar-refractivity contribution in [1.29, 1.82) is 0 Å². The Morgan fingerprint density at radius 2 is 1.04 bits per heavy atom. The first-order valence-corrected chi connectivity index (χ1v) is 32.9. The standard InChI is InChI=1S/C15H30O3SSi.C13H27NO3Si.C12H26O2Si/c1-5-15(11-17-12-15)13-18-14(16)7-9-19-8-6-10-20(2,3)4;1-5-13(9-16-10-13)11-17-12(15)14-7-6-8-18(2,3)4;1-5-12(10-14-11-12)9-13-7-6-8-15(2,3)4/h5-13H2,1-4H3;5-11H2,1-4H3,(H,14,15);5-11H2,1-4H3. The summed E-state index contributed by atoms with van der Waals surface area (Å²) in [5.74, 6) is 2.01. The molecule has 0 aromatic carbocycles. The fourth-order valence-corrected chi connectivity index (χ4v) is 10.5. The Hall–Kier alpha value is -0.419. The fraction of sp³-hybridized carbons (Fsp3) is 0.950. The van der Waals surface area contributed by atoms with Gasteiger partial charge in [-0.05, 0) is 44.3 Å². The lowest BCUT2D eigenvalue weighted by molar-refractivity contribution is -0.170. The molecule has 3 rings (SSSR count). The number of carbonyl (C=O) groups excluding carboxylic acids is 2. The van der Waals surface area contributed by atoms with Crippen molar-refractivity contribution in [2.75, 3.05) is 84.1 Å². The van der Waals surface area contributed by atoms with Crippen LogP contribution in [0.5, 0.6) is 0 Å². The number of esters is 1. The van der Waals surface area contributed by atoms with Gasteiger partial charge in [0.15, 0.2) is 0 Å². The monoisotopic (exact) mass is 822 g/mol. The van der Waals surface area contributed by atoms with Crippen molar-refractivity contribution in [2.24, 2.45) is 16.2 Å². The average Bonchev–Trinajstić information content (AvgIpc) is 3.00. The van der Waals surface area contributed by atoms with Crippen molar-refractivity contribution in [3.05, 3.63) is 0 Å². The summed E-state index contributed by atoms with van der Waals surface area (Å²) < 4.78 is 32.1. The van der Waals surface area contributed by atoms with E-state index in [1.807, 2.05) is 11.8 Å². The first-order chi connectivity index (χ1) is 24.7. The summed E-state index contributed by atoms with van der Waals surface area (Å²) in [5.41, 5.74) is 0.551. The Bertz CT molecular complexity index is 987. The molecule has 0 spiro atoms. The first kappa shape index (κ1) is 50.6. The quantitative estimate of drug-likeness (QED) is 0.0580. The summed E-state index contributed by atoms with van der Waals surface area (Å²) in [7, 11) is -2.74. The van der Waals surface area contributed by atoms with E-state index in [1.54, 1.807) is 0 Å². The molecule has 0 atom stereocenters. The number of alkyl carbamates (subject to hydrolysis) is 1. The van der Waals surface area contributed by atoms with Crippen LogP contribution < -0.4 is 5.32 Å². The lowest BCUT2D eigenvalue weighted by Crippen LogP contribution is -2.47. The minimum absolute atomic E-state index is 0.0533. The molecule has 0 unspecified atom stereocenters. The van der Waals surface area contributed by atoms with Gasteiger partial charge in [-0.25, -0.2) is 4.79 Å². The summed E-state index contributed by atoms with van der Waals surface area (Å²) in [5, 5.41) is 2.82. The third kappa shape index (κ3) is 24.1.